The van der Waals surface area contributed by atoms with Crippen LogP contribution in [0.2, 0.25) is 0 Å². The van der Waals surface area contributed by atoms with Crippen molar-refractivity contribution in [2.45, 2.75) is 96.5 Å². The number of rotatable bonds is 4. The Morgan fingerprint density at radius 3 is 2.75 bits per heavy atom. The Bertz CT molecular complexity index is 762. The van der Waals surface area contributed by atoms with Crippen LogP contribution in [0.15, 0.2) is 18.2 Å². The first-order valence-corrected chi connectivity index (χ1v) is 11.8. The van der Waals surface area contributed by atoms with E-state index in [2.05, 4.69) is 13.0 Å². The first kappa shape index (κ1) is 19.0. The number of aliphatic hydroxyl groups is 1. The fraction of sp³-hybridized carbons (Fsp3) is 0.769. The molecule has 5 rings (SSSR count). The van der Waals surface area contributed by atoms with Gasteiger partial charge >= 0.3 is 0 Å². The minimum Gasteiger partial charge on any atom is -0.508 e. The van der Waals surface area contributed by atoms with Crippen LogP contribution in [0.1, 0.15) is 95.6 Å². The summed E-state index contributed by atoms with van der Waals surface area (Å²) in [6.45, 7) is 6.55. The van der Waals surface area contributed by atoms with Crippen molar-refractivity contribution in [3.05, 3.63) is 29.3 Å². The summed E-state index contributed by atoms with van der Waals surface area (Å²) in [6, 6.07) is 6.16. The van der Waals surface area contributed by atoms with Crippen LogP contribution in [0.25, 0.3) is 0 Å². The third-order valence-corrected chi connectivity index (χ3v) is 9.71. The molecule has 2 heteroatoms. The lowest BCUT2D eigenvalue weighted by molar-refractivity contribution is 0.0113. The molecule has 0 bridgehead atoms. The largest absolute Gasteiger partial charge is 0.508 e. The molecule has 1 aromatic carbocycles. The molecule has 28 heavy (non-hydrogen) atoms. The lowest BCUT2D eigenvalue weighted by atomic mass is 9.53. The summed E-state index contributed by atoms with van der Waals surface area (Å²) in [4.78, 5) is 0. The van der Waals surface area contributed by atoms with Gasteiger partial charge in [-0.1, -0.05) is 19.4 Å². The molecule has 3 saturated carbocycles. The molecule has 0 saturated heterocycles. The summed E-state index contributed by atoms with van der Waals surface area (Å²) in [6.07, 6.45) is 13.0. The molecule has 4 aliphatic carbocycles. The summed E-state index contributed by atoms with van der Waals surface area (Å²) in [5.74, 6) is 3.82. The summed E-state index contributed by atoms with van der Waals surface area (Å²) < 4.78 is 0. The van der Waals surface area contributed by atoms with E-state index in [9.17, 15) is 10.2 Å². The molecule has 0 amide bonds. The molecule has 4 aliphatic rings. The van der Waals surface area contributed by atoms with Gasteiger partial charge in [-0.25, -0.2) is 0 Å². The van der Waals surface area contributed by atoms with Gasteiger partial charge in [-0.3, -0.25) is 0 Å². The first-order chi connectivity index (χ1) is 13.2. The Morgan fingerprint density at radius 2 is 1.96 bits per heavy atom. The standard InChI is InChI=1S/C26H38O2/c1-24(2,28)12-4-5-18-16-26(18)14-11-23-22-8-6-17-15-19(27)7-9-20(17)21(22)10-13-25(23,26)3/h7,9,15,18,21-23,27-28H,4-6,8,10-14,16H2,1-3H3/t18-,21+,22+,23-,25-,26-/m0/s1. The average Bonchev–Trinajstić information content (AvgIpc) is 3.25. The first-order valence-electron chi connectivity index (χ1n) is 11.8. The quantitative estimate of drug-likeness (QED) is 0.651. The predicted molar refractivity (Wildman–Crippen MR) is 113 cm³/mol. The van der Waals surface area contributed by atoms with Crippen molar-refractivity contribution >= 4 is 0 Å². The number of hydrogen-bond acceptors (Lipinski definition) is 2. The third kappa shape index (κ3) is 2.77. The summed E-state index contributed by atoms with van der Waals surface area (Å²) in [7, 11) is 0. The van der Waals surface area contributed by atoms with Gasteiger partial charge in [0.15, 0.2) is 0 Å². The monoisotopic (exact) mass is 382 g/mol. The molecular weight excluding hydrogens is 344 g/mol. The lowest BCUT2D eigenvalue weighted by Crippen LogP contribution is -2.43. The highest BCUT2D eigenvalue weighted by molar-refractivity contribution is 5.40. The molecule has 3 fully saturated rings. The number of hydrogen-bond donors (Lipinski definition) is 2. The maximum absolute atomic E-state index is 10.1. The van der Waals surface area contributed by atoms with Gasteiger partial charge in [-0.2, -0.15) is 0 Å². The van der Waals surface area contributed by atoms with E-state index < -0.39 is 5.60 Å². The zero-order valence-electron chi connectivity index (χ0n) is 18.0. The van der Waals surface area contributed by atoms with Crippen molar-refractivity contribution in [1.82, 2.24) is 0 Å². The average molecular weight is 383 g/mol. The van der Waals surface area contributed by atoms with Gasteiger partial charge in [-0.05, 0) is 129 Å². The van der Waals surface area contributed by atoms with Gasteiger partial charge < -0.3 is 10.2 Å². The van der Waals surface area contributed by atoms with Crippen LogP contribution in [-0.4, -0.2) is 15.8 Å². The molecule has 0 unspecified atom stereocenters. The van der Waals surface area contributed by atoms with Crippen molar-refractivity contribution in [3.63, 3.8) is 0 Å². The van der Waals surface area contributed by atoms with Gasteiger partial charge in [0.2, 0.25) is 0 Å². The number of benzene rings is 1. The van der Waals surface area contributed by atoms with E-state index in [4.69, 9.17) is 0 Å². The smallest absolute Gasteiger partial charge is 0.115 e. The highest BCUT2D eigenvalue weighted by Gasteiger charge is 2.70. The molecule has 154 valence electrons. The number of phenolic OH excluding ortho intramolecular Hbond substituents is 1. The van der Waals surface area contributed by atoms with Crippen molar-refractivity contribution in [1.29, 1.82) is 0 Å². The molecule has 1 aromatic rings. The van der Waals surface area contributed by atoms with Crippen LogP contribution in [0, 0.1) is 28.6 Å². The van der Waals surface area contributed by atoms with Crippen molar-refractivity contribution in [2.24, 2.45) is 28.6 Å². The Kier molecular flexibility index (Phi) is 4.23. The molecule has 6 atom stereocenters. The van der Waals surface area contributed by atoms with E-state index in [-0.39, 0.29) is 0 Å². The molecule has 0 radical (unpaired) electrons. The predicted octanol–water partition coefficient (Wildman–Crippen LogP) is 6.20. The van der Waals surface area contributed by atoms with Crippen molar-refractivity contribution in [2.75, 3.05) is 0 Å². The van der Waals surface area contributed by atoms with Gasteiger partial charge in [-0.15, -0.1) is 0 Å². The number of phenols is 1. The topological polar surface area (TPSA) is 40.5 Å². The molecule has 0 aliphatic heterocycles. The molecule has 0 aromatic heterocycles. The van der Waals surface area contributed by atoms with Gasteiger partial charge in [0.05, 0.1) is 5.60 Å². The van der Waals surface area contributed by atoms with Crippen LogP contribution in [0.3, 0.4) is 0 Å². The molecule has 1 spiro atoms. The normalized spacial score (nSPS) is 41.4. The minimum absolute atomic E-state index is 0.435. The van der Waals surface area contributed by atoms with Gasteiger partial charge in [0, 0.05) is 0 Å². The van der Waals surface area contributed by atoms with Crippen LogP contribution in [-0.2, 0) is 6.42 Å². The molecule has 2 nitrogen and oxygen atoms in total. The Labute approximate surface area is 170 Å². The van der Waals surface area contributed by atoms with Crippen molar-refractivity contribution in [3.8, 4) is 5.75 Å². The van der Waals surface area contributed by atoms with Crippen LogP contribution in [0.4, 0.5) is 0 Å². The van der Waals surface area contributed by atoms with Crippen molar-refractivity contribution < 1.29 is 10.2 Å². The summed E-state index contributed by atoms with van der Waals surface area (Å²) in [5, 5.41) is 19.9. The molecule has 0 heterocycles. The van der Waals surface area contributed by atoms with E-state index in [1.54, 1.807) is 5.56 Å². The lowest BCUT2D eigenvalue weighted by Gasteiger charge is -2.51. The SMILES string of the molecule is CC(C)(O)CCC[C@H]1C[C@@]12CC[C@H]1[C@@H]3CCc4cc(O)ccc4[C@H]3CC[C@@]12C. The van der Waals surface area contributed by atoms with Crippen LogP contribution < -0.4 is 0 Å². The van der Waals surface area contributed by atoms with Crippen LogP contribution >= 0.6 is 0 Å². The summed E-state index contributed by atoms with van der Waals surface area (Å²) >= 11 is 0. The van der Waals surface area contributed by atoms with E-state index in [0.29, 0.717) is 16.6 Å². The Hall–Kier alpha value is -1.02. The maximum atomic E-state index is 10.1. The molecular formula is C26H38O2. The van der Waals surface area contributed by atoms with E-state index in [0.717, 1.165) is 36.5 Å². The van der Waals surface area contributed by atoms with Gasteiger partial charge in [0.1, 0.15) is 5.75 Å². The minimum atomic E-state index is -0.508. The number of fused-ring (bicyclic) bond motifs is 6. The second kappa shape index (κ2) is 6.24. The number of aromatic hydroxyl groups is 1. The second-order valence-electron chi connectivity index (χ2n) is 11.6. The Morgan fingerprint density at radius 1 is 1.14 bits per heavy atom. The zero-order valence-corrected chi connectivity index (χ0v) is 18.0. The second-order valence-corrected chi connectivity index (χ2v) is 11.6. The van der Waals surface area contributed by atoms with E-state index in [1.165, 1.54) is 56.9 Å². The number of aryl methyl sites for hydroxylation is 1. The third-order valence-electron chi connectivity index (χ3n) is 9.71. The van der Waals surface area contributed by atoms with E-state index >= 15 is 0 Å². The highest BCUT2D eigenvalue weighted by Crippen LogP contribution is 2.79. The summed E-state index contributed by atoms with van der Waals surface area (Å²) in [5.41, 5.74) is 3.62. The molecule has 2 N–H and O–H groups in total. The Balaban J connectivity index is 1.32. The highest BCUT2D eigenvalue weighted by atomic mass is 16.3. The fourth-order valence-corrected chi connectivity index (χ4v) is 8.28. The van der Waals surface area contributed by atoms with Crippen LogP contribution in [0.5, 0.6) is 5.75 Å². The van der Waals surface area contributed by atoms with Gasteiger partial charge in [0.25, 0.3) is 0 Å². The fourth-order valence-electron chi connectivity index (χ4n) is 8.28. The zero-order chi connectivity index (χ0) is 19.7. The van der Waals surface area contributed by atoms with E-state index in [1.807, 2.05) is 26.0 Å². The maximum Gasteiger partial charge on any atom is 0.115 e.